The predicted molar refractivity (Wildman–Crippen MR) is 117 cm³/mol. The van der Waals surface area contributed by atoms with E-state index in [0.29, 0.717) is 23.3 Å². The van der Waals surface area contributed by atoms with Crippen molar-refractivity contribution in [2.75, 3.05) is 23.7 Å². The molecular weight excluding hydrogens is 472 g/mol. The third-order valence-electron chi connectivity index (χ3n) is 2.90. The molecule has 4 nitrogen and oxygen atoms in total. The molecule has 0 aliphatic rings. The van der Waals surface area contributed by atoms with Crippen LogP contribution < -0.4 is 21.3 Å². The molecule has 4 N–H and O–H groups in total. The standard InChI is InChI=1S/C16H16Br2N4S2/c17-11-1-5-13(6-2-11)21-15(23)19-9-10-20-16(24)22-14-7-3-12(18)4-8-14/h1-8H,9-10H2,(H2,19,21,23)(H2,20,22,24). The fourth-order valence-corrected chi connectivity index (χ4v) is 2.74. The summed E-state index contributed by atoms with van der Waals surface area (Å²) in [6.45, 7) is 1.31. The van der Waals surface area contributed by atoms with Gasteiger partial charge in [-0.2, -0.15) is 0 Å². The highest BCUT2D eigenvalue weighted by Crippen LogP contribution is 2.14. The summed E-state index contributed by atoms with van der Waals surface area (Å²) >= 11 is 17.3. The molecule has 0 atom stereocenters. The molecule has 2 aromatic rings. The number of thiocarbonyl (C=S) groups is 2. The van der Waals surface area contributed by atoms with Crippen LogP contribution in [0.2, 0.25) is 0 Å². The molecule has 0 unspecified atom stereocenters. The van der Waals surface area contributed by atoms with Crippen LogP contribution in [0, 0.1) is 0 Å². The molecule has 24 heavy (non-hydrogen) atoms. The Labute approximate surface area is 169 Å². The van der Waals surface area contributed by atoms with Crippen molar-refractivity contribution < 1.29 is 0 Å². The molecule has 0 aliphatic heterocycles. The van der Waals surface area contributed by atoms with Gasteiger partial charge in [-0.15, -0.1) is 0 Å². The molecule has 2 rings (SSSR count). The highest BCUT2D eigenvalue weighted by Gasteiger charge is 1.99. The second-order valence-electron chi connectivity index (χ2n) is 4.78. The van der Waals surface area contributed by atoms with Gasteiger partial charge in [-0.05, 0) is 73.0 Å². The minimum absolute atomic E-state index is 0.575. The number of rotatable bonds is 5. The molecule has 0 heterocycles. The topological polar surface area (TPSA) is 48.1 Å². The maximum atomic E-state index is 5.25. The maximum Gasteiger partial charge on any atom is 0.170 e. The fourth-order valence-electron chi connectivity index (χ4n) is 1.77. The van der Waals surface area contributed by atoms with Crippen LogP contribution in [0.25, 0.3) is 0 Å². The SMILES string of the molecule is S=C(NCCNC(=S)Nc1ccc(Br)cc1)Nc1ccc(Br)cc1. The molecule has 0 bridgehead atoms. The number of nitrogens with one attached hydrogen (secondary N) is 4. The van der Waals surface area contributed by atoms with E-state index in [4.69, 9.17) is 24.4 Å². The van der Waals surface area contributed by atoms with E-state index in [1.807, 2.05) is 48.5 Å². The Balaban J connectivity index is 1.63. The van der Waals surface area contributed by atoms with Crippen molar-refractivity contribution in [1.82, 2.24) is 10.6 Å². The van der Waals surface area contributed by atoms with Crippen LogP contribution in [-0.4, -0.2) is 23.3 Å². The molecular formula is C16H16Br2N4S2. The van der Waals surface area contributed by atoms with E-state index >= 15 is 0 Å². The minimum Gasteiger partial charge on any atom is -0.361 e. The van der Waals surface area contributed by atoms with E-state index in [9.17, 15) is 0 Å². The molecule has 0 aromatic heterocycles. The van der Waals surface area contributed by atoms with Gasteiger partial charge < -0.3 is 21.3 Å². The minimum atomic E-state index is 0.575. The first-order valence-corrected chi connectivity index (χ1v) is 9.54. The highest BCUT2D eigenvalue weighted by atomic mass is 79.9. The lowest BCUT2D eigenvalue weighted by Crippen LogP contribution is -2.38. The Morgan fingerprint density at radius 1 is 0.667 bits per heavy atom. The average Bonchev–Trinajstić information content (AvgIpc) is 2.56. The summed E-state index contributed by atoms with van der Waals surface area (Å²) in [7, 11) is 0. The Morgan fingerprint density at radius 3 is 1.33 bits per heavy atom. The van der Waals surface area contributed by atoms with Gasteiger partial charge in [0.1, 0.15) is 0 Å². The molecule has 126 valence electrons. The van der Waals surface area contributed by atoms with Crippen LogP contribution in [0.3, 0.4) is 0 Å². The monoisotopic (exact) mass is 486 g/mol. The quantitative estimate of drug-likeness (QED) is 0.368. The maximum absolute atomic E-state index is 5.25. The van der Waals surface area contributed by atoms with E-state index in [0.717, 1.165) is 20.3 Å². The zero-order valence-electron chi connectivity index (χ0n) is 12.6. The number of benzene rings is 2. The first-order valence-electron chi connectivity index (χ1n) is 7.14. The molecule has 0 spiro atoms. The van der Waals surface area contributed by atoms with Gasteiger partial charge in [0, 0.05) is 33.4 Å². The van der Waals surface area contributed by atoms with Crippen molar-refractivity contribution in [3.63, 3.8) is 0 Å². The van der Waals surface area contributed by atoms with Crippen LogP contribution >= 0.6 is 56.3 Å². The number of anilines is 2. The average molecular weight is 488 g/mol. The van der Waals surface area contributed by atoms with Crippen LogP contribution in [-0.2, 0) is 0 Å². The van der Waals surface area contributed by atoms with Gasteiger partial charge in [0.15, 0.2) is 10.2 Å². The molecule has 2 aromatic carbocycles. The zero-order chi connectivity index (χ0) is 17.4. The second-order valence-corrected chi connectivity index (χ2v) is 7.42. The van der Waals surface area contributed by atoms with Gasteiger partial charge in [0.25, 0.3) is 0 Å². The number of hydrogen-bond acceptors (Lipinski definition) is 2. The Hall–Kier alpha value is -1.22. The molecule has 0 saturated heterocycles. The lowest BCUT2D eigenvalue weighted by Gasteiger charge is -2.13. The van der Waals surface area contributed by atoms with E-state index in [1.165, 1.54) is 0 Å². The third-order valence-corrected chi connectivity index (χ3v) is 4.45. The van der Waals surface area contributed by atoms with Gasteiger partial charge in [-0.1, -0.05) is 31.9 Å². The molecule has 0 amide bonds. The highest BCUT2D eigenvalue weighted by molar-refractivity contribution is 9.10. The summed E-state index contributed by atoms with van der Waals surface area (Å²) in [5.41, 5.74) is 1.88. The van der Waals surface area contributed by atoms with Crippen molar-refractivity contribution >= 4 is 77.9 Å². The van der Waals surface area contributed by atoms with Crippen LogP contribution in [0.5, 0.6) is 0 Å². The largest absolute Gasteiger partial charge is 0.361 e. The first kappa shape index (κ1) is 19.1. The molecule has 0 aliphatic carbocycles. The first-order chi connectivity index (χ1) is 11.5. The van der Waals surface area contributed by atoms with Crippen molar-refractivity contribution in [3.05, 3.63) is 57.5 Å². The van der Waals surface area contributed by atoms with E-state index in [1.54, 1.807) is 0 Å². The van der Waals surface area contributed by atoms with Crippen molar-refractivity contribution in [1.29, 1.82) is 0 Å². The summed E-state index contributed by atoms with van der Waals surface area (Å²) in [6.07, 6.45) is 0. The third kappa shape index (κ3) is 7.12. The van der Waals surface area contributed by atoms with Gasteiger partial charge >= 0.3 is 0 Å². The van der Waals surface area contributed by atoms with E-state index in [-0.39, 0.29) is 0 Å². The lowest BCUT2D eigenvalue weighted by atomic mass is 10.3. The summed E-state index contributed by atoms with van der Waals surface area (Å²) < 4.78 is 2.06. The Kier molecular flexibility index (Phi) is 7.90. The Bertz CT molecular complexity index is 629. The van der Waals surface area contributed by atoms with Gasteiger partial charge in [-0.25, -0.2) is 0 Å². The van der Waals surface area contributed by atoms with Gasteiger partial charge in [0.05, 0.1) is 0 Å². The van der Waals surface area contributed by atoms with Crippen LogP contribution in [0.15, 0.2) is 57.5 Å². The van der Waals surface area contributed by atoms with Crippen molar-refractivity contribution in [2.45, 2.75) is 0 Å². The molecule has 0 saturated carbocycles. The summed E-state index contributed by atoms with van der Waals surface area (Å²) in [6, 6.07) is 15.6. The molecule has 0 fully saturated rings. The number of halogens is 2. The smallest absolute Gasteiger partial charge is 0.170 e. The Morgan fingerprint density at radius 2 is 1.00 bits per heavy atom. The molecule has 0 radical (unpaired) electrons. The van der Waals surface area contributed by atoms with E-state index in [2.05, 4.69) is 53.1 Å². The van der Waals surface area contributed by atoms with Gasteiger partial charge in [0.2, 0.25) is 0 Å². The summed E-state index contributed by atoms with van der Waals surface area (Å²) in [5, 5.41) is 13.6. The fraction of sp³-hybridized carbons (Fsp3) is 0.125. The summed E-state index contributed by atoms with van der Waals surface area (Å²) in [4.78, 5) is 0. The predicted octanol–water partition coefficient (Wildman–Crippen LogP) is 4.48. The normalized spacial score (nSPS) is 9.92. The molecule has 8 heteroatoms. The van der Waals surface area contributed by atoms with Crippen LogP contribution in [0.4, 0.5) is 11.4 Å². The van der Waals surface area contributed by atoms with Crippen LogP contribution in [0.1, 0.15) is 0 Å². The van der Waals surface area contributed by atoms with Crippen molar-refractivity contribution in [3.8, 4) is 0 Å². The summed E-state index contributed by atoms with van der Waals surface area (Å²) in [5.74, 6) is 0. The number of hydrogen-bond donors (Lipinski definition) is 4. The van der Waals surface area contributed by atoms with Crippen molar-refractivity contribution in [2.24, 2.45) is 0 Å². The zero-order valence-corrected chi connectivity index (χ0v) is 17.4. The van der Waals surface area contributed by atoms with E-state index < -0.39 is 0 Å². The van der Waals surface area contributed by atoms with Gasteiger partial charge in [-0.3, -0.25) is 0 Å². The second kappa shape index (κ2) is 9.93. The lowest BCUT2D eigenvalue weighted by molar-refractivity contribution is 0.821.